The number of ether oxygens (including phenoxy) is 2. The summed E-state index contributed by atoms with van der Waals surface area (Å²) in [6, 6.07) is 0. The van der Waals surface area contributed by atoms with Gasteiger partial charge in [-0.2, -0.15) is 0 Å². The van der Waals surface area contributed by atoms with Crippen LogP contribution < -0.4 is 0 Å². The highest BCUT2D eigenvalue weighted by Gasteiger charge is 2.66. The van der Waals surface area contributed by atoms with Crippen LogP contribution >= 0.6 is 0 Å². The van der Waals surface area contributed by atoms with Crippen LogP contribution in [0.2, 0.25) is 0 Å². The zero-order valence-electron chi connectivity index (χ0n) is 16.3. The van der Waals surface area contributed by atoms with Crippen LogP contribution in [0.15, 0.2) is 11.8 Å². The predicted octanol–water partition coefficient (Wildman–Crippen LogP) is 4.42. The maximum atomic E-state index is 11.6. The number of aldehydes is 1. The van der Waals surface area contributed by atoms with Crippen LogP contribution in [-0.4, -0.2) is 24.0 Å². The molecule has 1 aliphatic heterocycles. The van der Waals surface area contributed by atoms with Gasteiger partial charge in [0, 0.05) is 30.3 Å². The van der Waals surface area contributed by atoms with Crippen molar-refractivity contribution in [2.24, 2.45) is 22.7 Å². The van der Waals surface area contributed by atoms with Crippen molar-refractivity contribution < 1.29 is 19.1 Å². The minimum atomic E-state index is -0.205. The van der Waals surface area contributed by atoms with Crippen molar-refractivity contribution in [2.45, 2.75) is 84.8 Å². The summed E-state index contributed by atoms with van der Waals surface area (Å²) in [6.07, 6.45) is 8.36. The first-order chi connectivity index (χ1) is 11.7. The van der Waals surface area contributed by atoms with Gasteiger partial charge in [0.15, 0.2) is 0 Å². The molecule has 3 rings (SSSR count). The molecule has 0 aromatic rings. The molecule has 0 aromatic heterocycles. The van der Waals surface area contributed by atoms with Crippen molar-refractivity contribution >= 4 is 12.3 Å². The molecule has 0 unspecified atom stereocenters. The van der Waals surface area contributed by atoms with E-state index >= 15 is 0 Å². The molecule has 2 saturated carbocycles. The van der Waals surface area contributed by atoms with Crippen molar-refractivity contribution in [1.29, 1.82) is 0 Å². The number of hydrogen-bond donors (Lipinski definition) is 0. The third-order valence-electron chi connectivity index (χ3n) is 7.69. The quantitative estimate of drug-likeness (QED) is 0.421. The van der Waals surface area contributed by atoms with E-state index in [1.54, 1.807) is 6.08 Å². The summed E-state index contributed by atoms with van der Waals surface area (Å²) in [5, 5.41) is 0. The standard InChI is InChI=1S/C21H32O4/c1-14-6-7-17-19(3,4)18(24-15(2)23)9-11-20(17,5)21(14)12-8-16(25-21)10-13-22/h10,13-14,17-18H,6-9,11-12H2,1-5H3/t14-,17+,18+,20+,21-/m0/s1. The molecule has 0 radical (unpaired) electrons. The summed E-state index contributed by atoms with van der Waals surface area (Å²) >= 11 is 0. The third kappa shape index (κ3) is 2.63. The van der Waals surface area contributed by atoms with Gasteiger partial charge in [-0.05, 0) is 43.9 Å². The van der Waals surface area contributed by atoms with Gasteiger partial charge in [-0.15, -0.1) is 0 Å². The molecule has 0 N–H and O–H groups in total. The zero-order chi connectivity index (χ0) is 18.5. The fraction of sp³-hybridized carbons (Fsp3) is 0.810. The van der Waals surface area contributed by atoms with Crippen molar-refractivity contribution in [3.05, 3.63) is 11.8 Å². The van der Waals surface area contributed by atoms with Gasteiger partial charge in [-0.1, -0.05) is 27.7 Å². The maximum absolute atomic E-state index is 11.6. The second-order valence-electron chi connectivity index (χ2n) is 9.17. The molecule has 2 aliphatic carbocycles. The summed E-state index contributed by atoms with van der Waals surface area (Å²) in [4.78, 5) is 22.5. The van der Waals surface area contributed by atoms with E-state index in [-0.39, 0.29) is 28.5 Å². The first-order valence-corrected chi connectivity index (χ1v) is 9.68. The van der Waals surface area contributed by atoms with Crippen LogP contribution in [0.3, 0.4) is 0 Å². The van der Waals surface area contributed by atoms with Crippen molar-refractivity contribution in [3.63, 3.8) is 0 Å². The fourth-order valence-corrected chi connectivity index (χ4v) is 6.43. The number of carbonyl (C=O) groups is 2. The predicted molar refractivity (Wildman–Crippen MR) is 95.8 cm³/mol. The second kappa shape index (κ2) is 6.14. The number of fused-ring (bicyclic) bond motifs is 2. The van der Waals surface area contributed by atoms with E-state index in [1.807, 2.05) is 0 Å². The van der Waals surface area contributed by atoms with E-state index in [4.69, 9.17) is 9.47 Å². The summed E-state index contributed by atoms with van der Waals surface area (Å²) in [5.41, 5.74) is -0.251. The molecule has 0 aromatic carbocycles. The van der Waals surface area contributed by atoms with E-state index < -0.39 is 0 Å². The summed E-state index contributed by atoms with van der Waals surface area (Å²) in [6.45, 7) is 10.7. The number of rotatable bonds is 2. The van der Waals surface area contributed by atoms with Crippen LogP contribution in [0.1, 0.15) is 73.1 Å². The molecule has 3 fully saturated rings. The summed E-state index contributed by atoms with van der Waals surface area (Å²) in [7, 11) is 0. The molecule has 4 heteroatoms. The topological polar surface area (TPSA) is 52.6 Å². The van der Waals surface area contributed by atoms with Crippen molar-refractivity contribution in [3.8, 4) is 0 Å². The lowest BCUT2D eigenvalue weighted by Gasteiger charge is -2.64. The van der Waals surface area contributed by atoms with Gasteiger partial charge in [0.25, 0.3) is 0 Å². The number of hydrogen-bond acceptors (Lipinski definition) is 4. The average Bonchev–Trinajstić information content (AvgIpc) is 2.94. The minimum Gasteiger partial charge on any atom is -0.491 e. The Labute approximate surface area is 151 Å². The molecule has 0 bridgehead atoms. The summed E-state index contributed by atoms with van der Waals surface area (Å²) in [5.74, 6) is 1.55. The lowest BCUT2D eigenvalue weighted by Crippen LogP contribution is -2.64. The Morgan fingerprint density at radius 3 is 2.56 bits per heavy atom. The molecule has 5 atom stereocenters. The first-order valence-electron chi connectivity index (χ1n) is 9.68. The Morgan fingerprint density at radius 1 is 1.20 bits per heavy atom. The van der Waals surface area contributed by atoms with Crippen LogP contribution in [0.5, 0.6) is 0 Å². The second-order valence-corrected chi connectivity index (χ2v) is 9.17. The molecule has 140 valence electrons. The lowest BCUT2D eigenvalue weighted by atomic mass is 9.44. The smallest absolute Gasteiger partial charge is 0.302 e. The highest BCUT2D eigenvalue weighted by molar-refractivity contribution is 5.66. The van der Waals surface area contributed by atoms with Gasteiger partial charge in [-0.3, -0.25) is 9.59 Å². The molecule has 1 spiro atoms. The SMILES string of the molecule is CC(=O)O[C@@H]1CC[C@]2(C)[C@H](CC[C@H](C)[C@@]23CCC(=CC=O)O3)C1(C)C. The normalized spacial score (nSPS) is 44.2. The Hall–Kier alpha value is -1.32. The van der Waals surface area contributed by atoms with Crippen molar-refractivity contribution in [1.82, 2.24) is 0 Å². The molecular formula is C21H32O4. The van der Waals surface area contributed by atoms with E-state index in [0.717, 1.165) is 50.6 Å². The number of esters is 1. The van der Waals surface area contributed by atoms with Crippen LogP contribution in [0, 0.1) is 22.7 Å². The monoisotopic (exact) mass is 348 g/mol. The van der Waals surface area contributed by atoms with Crippen LogP contribution in [0.25, 0.3) is 0 Å². The highest BCUT2D eigenvalue weighted by atomic mass is 16.5. The lowest BCUT2D eigenvalue weighted by molar-refractivity contribution is -0.230. The van der Waals surface area contributed by atoms with E-state index in [9.17, 15) is 9.59 Å². The van der Waals surface area contributed by atoms with Gasteiger partial charge in [-0.25, -0.2) is 0 Å². The third-order valence-corrected chi connectivity index (χ3v) is 7.69. The Balaban J connectivity index is 1.97. The molecule has 4 nitrogen and oxygen atoms in total. The molecule has 3 aliphatic rings. The molecule has 25 heavy (non-hydrogen) atoms. The van der Waals surface area contributed by atoms with Gasteiger partial charge >= 0.3 is 5.97 Å². The van der Waals surface area contributed by atoms with Gasteiger partial charge in [0.05, 0.1) is 0 Å². The highest BCUT2D eigenvalue weighted by Crippen LogP contribution is 2.67. The Bertz CT molecular complexity index is 593. The Morgan fingerprint density at radius 2 is 1.92 bits per heavy atom. The van der Waals surface area contributed by atoms with Gasteiger partial charge < -0.3 is 9.47 Å². The van der Waals surface area contributed by atoms with E-state index in [1.165, 1.54) is 6.92 Å². The molecule has 1 saturated heterocycles. The van der Waals surface area contributed by atoms with E-state index in [2.05, 4.69) is 27.7 Å². The van der Waals surface area contributed by atoms with Crippen molar-refractivity contribution in [2.75, 3.05) is 0 Å². The zero-order valence-corrected chi connectivity index (χ0v) is 16.3. The number of carbonyl (C=O) groups excluding carboxylic acids is 2. The largest absolute Gasteiger partial charge is 0.491 e. The number of allylic oxidation sites excluding steroid dienone is 2. The minimum absolute atomic E-state index is 0.0279. The van der Waals surface area contributed by atoms with E-state index in [0.29, 0.717) is 11.8 Å². The molecule has 0 amide bonds. The summed E-state index contributed by atoms with van der Waals surface area (Å²) < 4.78 is 12.2. The Kier molecular flexibility index (Phi) is 4.53. The first kappa shape index (κ1) is 18.5. The molecule has 1 heterocycles. The van der Waals surface area contributed by atoms with Crippen LogP contribution in [0.4, 0.5) is 0 Å². The van der Waals surface area contributed by atoms with Gasteiger partial charge in [0.1, 0.15) is 23.8 Å². The van der Waals surface area contributed by atoms with Gasteiger partial charge in [0.2, 0.25) is 0 Å². The van der Waals surface area contributed by atoms with Crippen LogP contribution in [-0.2, 0) is 19.1 Å². The fourth-order valence-electron chi connectivity index (χ4n) is 6.43. The average molecular weight is 348 g/mol. The molecular weight excluding hydrogens is 316 g/mol. The maximum Gasteiger partial charge on any atom is 0.302 e.